The number of nitrogens with one attached hydrogen (secondary N) is 1. The fourth-order valence-corrected chi connectivity index (χ4v) is 2.16. The van der Waals surface area contributed by atoms with Crippen molar-refractivity contribution in [3.63, 3.8) is 0 Å². The molecule has 2 atom stereocenters. The van der Waals surface area contributed by atoms with Gasteiger partial charge in [-0.3, -0.25) is 4.79 Å². The highest BCUT2D eigenvalue weighted by Crippen LogP contribution is 2.17. The molecule has 6 heteroatoms. The molecule has 0 saturated carbocycles. The van der Waals surface area contributed by atoms with Gasteiger partial charge in [0.2, 0.25) is 0 Å². The Kier molecular flexibility index (Phi) is 5.26. The van der Waals surface area contributed by atoms with E-state index in [0.717, 1.165) is 12.1 Å². The van der Waals surface area contributed by atoms with E-state index in [9.17, 15) is 13.6 Å². The van der Waals surface area contributed by atoms with Crippen LogP contribution in [-0.4, -0.2) is 36.0 Å². The molecular weight excluding hydrogens is 274 g/mol. The van der Waals surface area contributed by atoms with Crippen molar-refractivity contribution in [2.45, 2.75) is 25.9 Å². The Morgan fingerprint density at radius 2 is 2.05 bits per heavy atom. The number of nitrogens with zero attached hydrogens (tertiary/aromatic N) is 1. The molecule has 1 aliphatic heterocycles. The first-order valence-corrected chi connectivity index (χ1v) is 6.00. The average Bonchev–Trinajstić information content (AvgIpc) is 2.32. The summed E-state index contributed by atoms with van der Waals surface area (Å²) in [6.45, 7) is 5.10. The molecule has 1 amide bonds. The molecule has 1 N–H and O–H groups in total. The predicted molar refractivity (Wildman–Crippen MR) is 71.6 cm³/mol. The van der Waals surface area contributed by atoms with Gasteiger partial charge in [-0.05, 0) is 26.0 Å². The van der Waals surface area contributed by atoms with Crippen molar-refractivity contribution in [2.24, 2.45) is 0 Å². The van der Waals surface area contributed by atoms with Crippen LogP contribution in [0.3, 0.4) is 0 Å². The minimum atomic E-state index is -0.807. The van der Waals surface area contributed by atoms with E-state index in [1.54, 1.807) is 4.90 Å². The van der Waals surface area contributed by atoms with Gasteiger partial charge in [-0.2, -0.15) is 0 Å². The molecule has 0 spiro atoms. The molecule has 106 valence electrons. The Morgan fingerprint density at radius 3 is 2.68 bits per heavy atom. The maximum atomic E-state index is 13.6. The van der Waals surface area contributed by atoms with Gasteiger partial charge in [0.05, 0.1) is 5.56 Å². The number of hydrogen-bond acceptors (Lipinski definition) is 2. The van der Waals surface area contributed by atoms with Crippen LogP contribution in [0.1, 0.15) is 24.2 Å². The Balaban J connectivity index is 0.00000180. The van der Waals surface area contributed by atoms with Crippen LogP contribution in [0, 0.1) is 11.6 Å². The summed E-state index contributed by atoms with van der Waals surface area (Å²) in [6, 6.07) is 3.18. The van der Waals surface area contributed by atoms with Gasteiger partial charge < -0.3 is 10.2 Å². The van der Waals surface area contributed by atoms with Crippen molar-refractivity contribution in [2.75, 3.05) is 13.1 Å². The third-order valence-corrected chi connectivity index (χ3v) is 3.46. The molecule has 1 fully saturated rings. The lowest BCUT2D eigenvalue weighted by Gasteiger charge is -2.38. The van der Waals surface area contributed by atoms with Crippen LogP contribution in [0.2, 0.25) is 0 Å². The largest absolute Gasteiger partial charge is 0.333 e. The number of carbonyl (C=O) groups is 1. The molecule has 0 aliphatic carbocycles. The van der Waals surface area contributed by atoms with Crippen molar-refractivity contribution in [3.05, 3.63) is 35.4 Å². The first-order valence-electron chi connectivity index (χ1n) is 6.00. The van der Waals surface area contributed by atoms with Crippen molar-refractivity contribution in [1.82, 2.24) is 10.2 Å². The Hall–Kier alpha value is -1.20. The van der Waals surface area contributed by atoms with E-state index in [2.05, 4.69) is 5.32 Å². The van der Waals surface area contributed by atoms with E-state index in [1.165, 1.54) is 6.07 Å². The molecule has 1 aliphatic rings. The van der Waals surface area contributed by atoms with Gasteiger partial charge in [0.1, 0.15) is 11.6 Å². The van der Waals surface area contributed by atoms with Crippen LogP contribution in [0.15, 0.2) is 18.2 Å². The number of carbonyl (C=O) groups excluding carboxylic acids is 1. The standard InChI is InChI=1S/C13H16F2N2O.ClH/c1-8-9(2)17(6-5-16-8)13(18)11-4-3-10(14)7-12(11)15;/h3-4,7-9,16H,5-6H2,1-2H3;1H. The molecule has 1 aromatic carbocycles. The Morgan fingerprint density at radius 1 is 1.37 bits per heavy atom. The van der Waals surface area contributed by atoms with Crippen LogP contribution in [-0.2, 0) is 0 Å². The number of piperazine rings is 1. The fraction of sp³-hybridized carbons (Fsp3) is 0.462. The smallest absolute Gasteiger partial charge is 0.257 e. The van der Waals surface area contributed by atoms with E-state index in [4.69, 9.17) is 0 Å². The number of rotatable bonds is 1. The monoisotopic (exact) mass is 290 g/mol. The third kappa shape index (κ3) is 3.22. The van der Waals surface area contributed by atoms with Crippen molar-refractivity contribution in [3.8, 4) is 0 Å². The second-order valence-corrected chi connectivity index (χ2v) is 4.61. The quantitative estimate of drug-likeness (QED) is 0.860. The minimum Gasteiger partial charge on any atom is -0.333 e. The average molecular weight is 291 g/mol. The van der Waals surface area contributed by atoms with Crippen molar-refractivity contribution >= 4 is 18.3 Å². The van der Waals surface area contributed by atoms with Crippen LogP contribution in [0.25, 0.3) is 0 Å². The SMILES string of the molecule is CC1NCCN(C(=O)c2ccc(F)cc2F)C1C.Cl. The lowest BCUT2D eigenvalue weighted by atomic mass is 10.1. The second-order valence-electron chi connectivity index (χ2n) is 4.61. The summed E-state index contributed by atoms with van der Waals surface area (Å²) >= 11 is 0. The first kappa shape index (κ1) is 15.9. The molecule has 1 saturated heterocycles. The van der Waals surface area contributed by atoms with E-state index in [-0.39, 0.29) is 36.0 Å². The summed E-state index contributed by atoms with van der Waals surface area (Å²) in [5, 5.41) is 3.24. The van der Waals surface area contributed by atoms with Gasteiger partial charge in [0.25, 0.3) is 5.91 Å². The summed E-state index contributed by atoms with van der Waals surface area (Å²) in [4.78, 5) is 13.8. The van der Waals surface area contributed by atoms with Crippen molar-refractivity contribution < 1.29 is 13.6 Å². The minimum absolute atomic E-state index is 0. The lowest BCUT2D eigenvalue weighted by Crippen LogP contribution is -2.57. The summed E-state index contributed by atoms with van der Waals surface area (Å²) in [5.74, 6) is -1.86. The van der Waals surface area contributed by atoms with Gasteiger partial charge in [-0.15, -0.1) is 12.4 Å². The number of halogens is 3. The summed E-state index contributed by atoms with van der Waals surface area (Å²) < 4.78 is 26.4. The molecule has 0 radical (unpaired) electrons. The normalized spacial score (nSPS) is 22.8. The van der Waals surface area contributed by atoms with Crippen LogP contribution < -0.4 is 5.32 Å². The third-order valence-electron chi connectivity index (χ3n) is 3.46. The zero-order valence-corrected chi connectivity index (χ0v) is 11.6. The molecular formula is C13H17ClF2N2O. The first-order chi connectivity index (χ1) is 8.50. The summed E-state index contributed by atoms with van der Waals surface area (Å²) in [7, 11) is 0. The highest BCUT2D eigenvalue weighted by molar-refractivity contribution is 5.94. The van der Waals surface area contributed by atoms with Gasteiger partial charge >= 0.3 is 0 Å². The zero-order chi connectivity index (χ0) is 13.3. The highest BCUT2D eigenvalue weighted by Gasteiger charge is 2.29. The van der Waals surface area contributed by atoms with E-state index in [0.29, 0.717) is 13.1 Å². The van der Waals surface area contributed by atoms with Gasteiger partial charge in [0, 0.05) is 31.2 Å². The Labute approximate surface area is 117 Å². The molecule has 1 heterocycles. The second kappa shape index (κ2) is 6.30. The molecule has 3 nitrogen and oxygen atoms in total. The van der Waals surface area contributed by atoms with Gasteiger partial charge in [-0.1, -0.05) is 0 Å². The van der Waals surface area contributed by atoms with Crippen LogP contribution in [0.5, 0.6) is 0 Å². The Bertz CT molecular complexity index is 470. The van der Waals surface area contributed by atoms with Crippen LogP contribution in [0.4, 0.5) is 8.78 Å². The maximum Gasteiger partial charge on any atom is 0.257 e. The van der Waals surface area contributed by atoms with E-state index in [1.807, 2.05) is 13.8 Å². The molecule has 0 aromatic heterocycles. The summed E-state index contributed by atoms with van der Waals surface area (Å²) in [6.07, 6.45) is 0. The topological polar surface area (TPSA) is 32.3 Å². The number of hydrogen-bond donors (Lipinski definition) is 1. The molecule has 19 heavy (non-hydrogen) atoms. The number of amides is 1. The fourth-order valence-electron chi connectivity index (χ4n) is 2.16. The van der Waals surface area contributed by atoms with E-state index >= 15 is 0 Å². The van der Waals surface area contributed by atoms with Crippen molar-refractivity contribution in [1.29, 1.82) is 0 Å². The molecule has 0 bridgehead atoms. The van der Waals surface area contributed by atoms with Gasteiger partial charge in [0.15, 0.2) is 0 Å². The summed E-state index contributed by atoms with van der Waals surface area (Å²) in [5.41, 5.74) is -0.0719. The highest BCUT2D eigenvalue weighted by atomic mass is 35.5. The lowest BCUT2D eigenvalue weighted by molar-refractivity contribution is 0.0598. The number of benzene rings is 1. The predicted octanol–water partition coefficient (Wildman–Crippen LogP) is 2.21. The van der Waals surface area contributed by atoms with Gasteiger partial charge in [-0.25, -0.2) is 8.78 Å². The zero-order valence-electron chi connectivity index (χ0n) is 10.8. The molecule has 2 unspecified atom stereocenters. The molecule has 1 aromatic rings. The maximum absolute atomic E-state index is 13.6. The van der Waals surface area contributed by atoms with E-state index < -0.39 is 11.6 Å². The molecule has 2 rings (SSSR count). The van der Waals surface area contributed by atoms with Crippen LogP contribution >= 0.6 is 12.4 Å².